The predicted molar refractivity (Wildman–Crippen MR) is 80.5 cm³/mol. The Kier molecular flexibility index (Phi) is 5.59. The zero-order chi connectivity index (χ0) is 16.9. The van der Waals surface area contributed by atoms with E-state index in [0.29, 0.717) is 18.7 Å². The summed E-state index contributed by atoms with van der Waals surface area (Å²) in [5.74, 6) is -0.393. The molecule has 23 heavy (non-hydrogen) atoms. The van der Waals surface area contributed by atoms with Crippen LogP contribution in [-0.2, 0) is 6.54 Å². The Bertz CT molecular complexity index is 627. The van der Waals surface area contributed by atoms with Gasteiger partial charge in [0.15, 0.2) is 6.61 Å². The Morgan fingerprint density at radius 1 is 1.35 bits per heavy atom. The lowest BCUT2D eigenvalue weighted by molar-refractivity contribution is -0.154. The van der Waals surface area contributed by atoms with Crippen LogP contribution >= 0.6 is 11.3 Å². The van der Waals surface area contributed by atoms with Crippen molar-refractivity contribution in [2.75, 3.05) is 13.2 Å². The highest BCUT2D eigenvalue weighted by Gasteiger charge is 2.28. The number of aromatic nitrogens is 1. The van der Waals surface area contributed by atoms with Gasteiger partial charge in [0.05, 0.1) is 12.1 Å². The van der Waals surface area contributed by atoms with E-state index in [1.54, 1.807) is 16.2 Å². The fourth-order valence-corrected chi connectivity index (χ4v) is 2.57. The minimum atomic E-state index is -4.42. The van der Waals surface area contributed by atoms with Crippen LogP contribution in [0.3, 0.4) is 0 Å². The molecule has 8 heteroatoms. The molecule has 4 nitrogen and oxygen atoms in total. The second kappa shape index (κ2) is 7.45. The van der Waals surface area contributed by atoms with Crippen molar-refractivity contribution in [3.8, 4) is 5.88 Å². The smallest absolute Gasteiger partial charge is 0.422 e. The van der Waals surface area contributed by atoms with Crippen molar-refractivity contribution < 1.29 is 22.7 Å². The van der Waals surface area contributed by atoms with Gasteiger partial charge in [0.1, 0.15) is 0 Å². The van der Waals surface area contributed by atoms with Crippen LogP contribution in [0, 0.1) is 0 Å². The predicted octanol–water partition coefficient (Wildman–Crippen LogP) is 3.75. The third-order valence-electron chi connectivity index (χ3n) is 2.96. The van der Waals surface area contributed by atoms with E-state index >= 15 is 0 Å². The van der Waals surface area contributed by atoms with Gasteiger partial charge in [0.2, 0.25) is 5.88 Å². The SMILES string of the molecule is CCN(Cc1cccs1)C(=O)c1ccc(OCC(F)(F)F)nc1. The van der Waals surface area contributed by atoms with E-state index in [2.05, 4.69) is 9.72 Å². The van der Waals surface area contributed by atoms with Crippen LogP contribution in [-0.4, -0.2) is 35.1 Å². The van der Waals surface area contributed by atoms with Crippen molar-refractivity contribution in [2.45, 2.75) is 19.6 Å². The number of carbonyl (C=O) groups excluding carboxylic acids is 1. The zero-order valence-corrected chi connectivity index (χ0v) is 13.2. The summed E-state index contributed by atoms with van der Waals surface area (Å²) in [4.78, 5) is 18.8. The number of nitrogens with zero attached hydrogens (tertiary/aromatic N) is 2. The molecular weight excluding hydrogens is 329 g/mol. The van der Waals surface area contributed by atoms with Crippen LogP contribution in [0.2, 0.25) is 0 Å². The molecule has 0 bridgehead atoms. The van der Waals surface area contributed by atoms with E-state index in [0.717, 1.165) is 4.88 Å². The summed E-state index contributed by atoms with van der Waals surface area (Å²) in [5.41, 5.74) is 0.308. The van der Waals surface area contributed by atoms with Crippen molar-refractivity contribution in [3.63, 3.8) is 0 Å². The topological polar surface area (TPSA) is 42.4 Å². The van der Waals surface area contributed by atoms with Gasteiger partial charge < -0.3 is 9.64 Å². The van der Waals surface area contributed by atoms with Crippen LogP contribution in [0.5, 0.6) is 5.88 Å². The maximum atomic E-state index is 12.4. The van der Waals surface area contributed by atoms with Gasteiger partial charge in [0.25, 0.3) is 5.91 Å². The number of thiophene rings is 1. The number of halogens is 3. The molecule has 2 heterocycles. The lowest BCUT2D eigenvalue weighted by atomic mass is 10.2. The minimum Gasteiger partial charge on any atom is -0.468 e. The fraction of sp³-hybridized carbons (Fsp3) is 0.333. The highest BCUT2D eigenvalue weighted by molar-refractivity contribution is 7.09. The average molecular weight is 344 g/mol. The zero-order valence-electron chi connectivity index (χ0n) is 12.3. The Labute approximate surface area is 135 Å². The summed E-state index contributed by atoms with van der Waals surface area (Å²) in [6.45, 7) is 1.45. The van der Waals surface area contributed by atoms with E-state index in [4.69, 9.17) is 0 Å². The van der Waals surface area contributed by atoms with Crippen LogP contribution in [0.15, 0.2) is 35.8 Å². The molecule has 0 atom stereocenters. The number of ether oxygens (including phenoxy) is 1. The van der Waals surface area contributed by atoms with Gasteiger partial charge in [0, 0.05) is 23.7 Å². The molecule has 2 aromatic rings. The normalized spacial score (nSPS) is 11.3. The molecule has 0 aliphatic rings. The molecule has 0 radical (unpaired) electrons. The number of pyridine rings is 1. The van der Waals surface area contributed by atoms with E-state index in [1.165, 1.54) is 18.3 Å². The Hall–Kier alpha value is -2.09. The van der Waals surface area contributed by atoms with E-state index < -0.39 is 12.8 Å². The molecule has 0 spiro atoms. The lowest BCUT2D eigenvalue weighted by Crippen LogP contribution is -2.30. The number of hydrogen-bond acceptors (Lipinski definition) is 4. The van der Waals surface area contributed by atoms with E-state index in [9.17, 15) is 18.0 Å². The third kappa shape index (κ3) is 5.24. The van der Waals surface area contributed by atoms with Gasteiger partial charge in [-0.2, -0.15) is 13.2 Å². The number of amides is 1. The van der Waals surface area contributed by atoms with Crippen LogP contribution < -0.4 is 4.74 Å². The summed E-state index contributed by atoms with van der Waals surface area (Å²) in [6.07, 6.45) is -3.19. The molecule has 2 rings (SSSR count). The van der Waals surface area contributed by atoms with Gasteiger partial charge in [-0.3, -0.25) is 4.79 Å². The minimum absolute atomic E-state index is 0.166. The van der Waals surface area contributed by atoms with E-state index in [1.807, 2.05) is 24.4 Å². The second-order valence-corrected chi connectivity index (χ2v) is 5.72. The van der Waals surface area contributed by atoms with E-state index in [-0.39, 0.29) is 11.8 Å². The highest BCUT2D eigenvalue weighted by atomic mass is 32.1. The third-order valence-corrected chi connectivity index (χ3v) is 3.82. The molecule has 2 aromatic heterocycles. The monoisotopic (exact) mass is 344 g/mol. The largest absolute Gasteiger partial charge is 0.468 e. The van der Waals surface area contributed by atoms with Crippen molar-refractivity contribution >= 4 is 17.2 Å². The van der Waals surface area contributed by atoms with Crippen LogP contribution in [0.1, 0.15) is 22.2 Å². The number of hydrogen-bond donors (Lipinski definition) is 0. The Morgan fingerprint density at radius 3 is 2.65 bits per heavy atom. The molecular formula is C15H15F3N2O2S. The summed E-state index contributed by atoms with van der Waals surface area (Å²) in [7, 11) is 0. The summed E-state index contributed by atoms with van der Waals surface area (Å²) >= 11 is 1.55. The maximum absolute atomic E-state index is 12.4. The molecule has 0 saturated carbocycles. The highest BCUT2D eigenvalue weighted by Crippen LogP contribution is 2.18. The van der Waals surface area contributed by atoms with Crippen LogP contribution in [0.4, 0.5) is 13.2 Å². The fourth-order valence-electron chi connectivity index (χ4n) is 1.85. The van der Waals surface area contributed by atoms with Gasteiger partial charge in [-0.15, -0.1) is 11.3 Å². The van der Waals surface area contributed by atoms with Gasteiger partial charge in [-0.05, 0) is 24.4 Å². The summed E-state index contributed by atoms with van der Waals surface area (Å²) in [6, 6.07) is 6.52. The van der Waals surface area contributed by atoms with Crippen LogP contribution in [0.25, 0.3) is 0 Å². The van der Waals surface area contributed by atoms with Crippen molar-refractivity contribution in [1.29, 1.82) is 0 Å². The number of rotatable bonds is 6. The first-order valence-electron chi connectivity index (χ1n) is 6.86. The number of alkyl halides is 3. The molecule has 0 aliphatic carbocycles. The molecule has 0 aromatic carbocycles. The summed E-state index contributed by atoms with van der Waals surface area (Å²) < 4.78 is 40.7. The van der Waals surface area contributed by atoms with Crippen molar-refractivity contribution in [3.05, 3.63) is 46.3 Å². The molecule has 124 valence electrons. The Balaban J connectivity index is 2.01. The first-order chi connectivity index (χ1) is 10.9. The van der Waals surface area contributed by atoms with Crippen molar-refractivity contribution in [1.82, 2.24) is 9.88 Å². The first-order valence-corrected chi connectivity index (χ1v) is 7.74. The van der Waals surface area contributed by atoms with Gasteiger partial charge in [-0.1, -0.05) is 6.07 Å². The number of carbonyl (C=O) groups is 1. The molecule has 0 N–H and O–H groups in total. The Morgan fingerprint density at radius 2 is 2.13 bits per heavy atom. The molecule has 0 aliphatic heterocycles. The first kappa shape index (κ1) is 17.3. The molecule has 0 unspecified atom stereocenters. The molecule has 0 saturated heterocycles. The summed E-state index contributed by atoms with van der Waals surface area (Å²) in [5, 5.41) is 1.93. The standard InChI is InChI=1S/C15H15F3N2O2S/c1-2-20(9-12-4-3-7-23-12)14(21)11-5-6-13(19-8-11)22-10-15(16,17)18/h3-8H,2,9-10H2,1H3. The second-order valence-electron chi connectivity index (χ2n) is 4.69. The molecule has 0 fully saturated rings. The lowest BCUT2D eigenvalue weighted by Gasteiger charge is -2.20. The average Bonchev–Trinajstić information content (AvgIpc) is 3.03. The molecule has 1 amide bonds. The van der Waals surface area contributed by atoms with Gasteiger partial charge >= 0.3 is 6.18 Å². The van der Waals surface area contributed by atoms with Crippen molar-refractivity contribution in [2.24, 2.45) is 0 Å². The quantitative estimate of drug-likeness (QED) is 0.802. The van der Waals surface area contributed by atoms with Gasteiger partial charge in [-0.25, -0.2) is 4.98 Å². The maximum Gasteiger partial charge on any atom is 0.422 e.